The van der Waals surface area contributed by atoms with Crippen LogP contribution >= 0.6 is 0 Å². The lowest BCUT2D eigenvalue weighted by atomic mass is 10.5. The molecule has 0 saturated carbocycles. The van der Waals surface area contributed by atoms with Gasteiger partial charge in [0.2, 0.25) is 0 Å². The Hall–Kier alpha value is -0.160. The average molecular weight is 162 g/mol. The van der Waals surface area contributed by atoms with Crippen LogP contribution in [0.3, 0.4) is 0 Å². The molecule has 68 valence electrons. The highest BCUT2D eigenvalue weighted by atomic mass is 16.5. The van der Waals surface area contributed by atoms with Crippen molar-refractivity contribution in [2.24, 2.45) is 0 Å². The van der Waals surface area contributed by atoms with Crippen molar-refractivity contribution in [2.75, 3.05) is 46.5 Å². The summed E-state index contributed by atoms with van der Waals surface area (Å²) in [4.78, 5) is 0. The van der Waals surface area contributed by atoms with E-state index in [1.807, 2.05) is 0 Å². The van der Waals surface area contributed by atoms with Crippen LogP contribution in [0.1, 0.15) is 0 Å². The first-order chi connectivity index (χ1) is 5.41. The predicted molar refractivity (Wildman–Crippen MR) is 44.7 cm³/mol. The molecule has 4 nitrogen and oxygen atoms in total. The number of methoxy groups -OCH3 is 1. The molecule has 0 atom stereocenters. The van der Waals surface area contributed by atoms with Gasteiger partial charge in [-0.1, -0.05) is 0 Å². The maximum Gasteiger partial charge on any atom is 0.0587 e. The van der Waals surface area contributed by atoms with E-state index in [9.17, 15) is 0 Å². The molecule has 0 aliphatic carbocycles. The third-order valence-corrected chi connectivity index (χ3v) is 1.25. The predicted octanol–water partition coefficient (Wildman–Crippen LogP) is -1.20. The molecule has 0 rings (SSSR count). The van der Waals surface area contributed by atoms with E-state index in [0.29, 0.717) is 6.54 Å². The Kier molecular flexibility index (Phi) is 9.70. The minimum Gasteiger partial charge on any atom is -0.395 e. The van der Waals surface area contributed by atoms with Gasteiger partial charge in [0.1, 0.15) is 0 Å². The second kappa shape index (κ2) is 9.84. The monoisotopic (exact) mass is 162 g/mol. The highest BCUT2D eigenvalue weighted by molar-refractivity contribution is 4.50. The van der Waals surface area contributed by atoms with Gasteiger partial charge in [-0.2, -0.15) is 0 Å². The second-order valence-corrected chi connectivity index (χ2v) is 2.22. The molecule has 0 aromatic heterocycles. The van der Waals surface area contributed by atoms with Crippen LogP contribution in [-0.4, -0.2) is 51.6 Å². The molecule has 0 radical (unpaired) electrons. The highest BCUT2D eigenvalue weighted by Crippen LogP contribution is 1.63. The SMILES string of the molecule is COCCNCCNCCO. The zero-order valence-electron chi connectivity index (χ0n) is 7.10. The lowest BCUT2D eigenvalue weighted by Crippen LogP contribution is -2.30. The topological polar surface area (TPSA) is 53.5 Å². The van der Waals surface area contributed by atoms with Gasteiger partial charge in [0.15, 0.2) is 0 Å². The first-order valence-corrected chi connectivity index (χ1v) is 3.93. The summed E-state index contributed by atoms with van der Waals surface area (Å²) in [5.41, 5.74) is 0. The van der Waals surface area contributed by atoms with Crippen molar-refractivity contribution in [3.63, 3.8) is 0 Å². The molecule has 0 aromatic rings. The third kappa shape index (κ3) is 9.84. The number of rotatable bonds is 8. The van der Waals surface area contributed by atoms with E-state index in [1.54, 1.807) is 7.11 Å². The Labute approximate surface area is 67.9 Å². The quantitative estimate of drug-likeness (QED) is 0.393. The molecule has 0 aliphatic heterocycles. The van der Waals surface area contributed by atoms with Gasteiger partial charge in [-0.05, 0) is 0 Å². The zero-order chi connectivity index (χ0) is 8.36. The molecule has 0 heterocycles. The van der Waals surface area contributed by atoms with Crippen LogP contribution in [0.5, 0.6) is 0 Å². The molecule has 0 aliphatic rings. The summed E-state index contributed by atoms with van der Waals surface area (Å²) in [7, 11) is 1.69. The van der Waals surface area contributed by atoms with Crippen molar-refractivity contribution < 1.29 is 9.84 Å². The first kappa shape index (κ1) is 10.8. The number of ether oxygens (including phenoxy) is 1. The fourth-order valence-electron chi connectivity index (χ4n) is 0.680. The Balaban J connectivity index is 2.69. The van der Waals surface area contributed by atoms with Crippen molar-refractivity contribution in [1.82, 2.24) is 10.6 Å². The molecule has 0 aromatic carbocycles. The van der Waals surface area contributed by atoms with Crippen LogP contribution < -0.4 is 10.6 Å². The fourth-order valence-corrected chi connectivity index (χ4v) is 0.680. The normalized spacial score (nSPS) is 10.4. The smallest absolute Gasteiger partial charge is 0.0587 e. The van der Waals surface area contributed by atoms with Crippen molar-refractivity contribution in [3.8, 4) is 0 Å². The van der Waals surface area contributed by atoms with Crippen LogP contribution in [0, 0.1) is 0 Å². The Bertz CT molecular complexity index is 63.5. The summed E-state index contributed by atoms with van der Waals surface area (Å²) < 4.78 is 4.85. The molecule has 0 fully saturated rings. The molecule has 0 unspecified atom stereocenters. The summed E-state index contributed by atoms with van der Waals surface area (Å²) in [6.45, 7) is 4.33. The first-order valence-electron chi connectivity index (χ1n) is 3.93. The Morgan fingerprint density at radius 2 is 1.73 bits per heavy atom. The summed E-state index contributed by atoms with van der Waals surface area (Å²) >= 11 is 0. The highest BCUT2D eigenvalue weighted by Gasteiger charge is 1.85. The molecule has 0 saturated heterocycles. The van der Waals surface area contributed by atoms with Gasteiger partial charge in [0.25, 0.3) is 0 Å². The van der Waals surface area contributed by atoms with Crippen LogP contribution in [0.25, 0.3) is 0 Å². The van der Waals surface area contributed by atoms with E-state index < -0.39 is 0 Å². The minimum absolute atomic E-state index is 0.206. The maximum atomic E-state index is 8.40. The molecule has 0 bridgehead atoms. The van der Waals surface area contributed by atoms with Crippen LogP contribution in [0.4, 0.5) is 0 Å². The van der Waals surface area contributed by atoms with E-state index in [4.69, 9.17) is 9.84 Å². The summed E-state index contributed by atoms with van der Waals surface area (Å²) in [6.07, 6.45) is 0. The van der Waals surface area contributed by atoms with E-state index in [0.717, 1.165) is 26.2 Å². The van der Waals surface area contributed by atoms with Crippen molar-refractivity contribution in [1.29, 1.82) is 0 Å². The molecule has 3 N–H and O–H groups in total. The Morgan fingerprint density at radius 1 is 1.09 bits per heavy atom. The number of nitrogens with one attached hydrogen (secondary N) is 2. The molecule has 4 heteroatoms. The average Bonchev–Trinajstić information content (AvgIpc) is 2.03. The second-order valence-electron chi connectivity index (χ2n) is 2.22. The molecule has 0 amide bonds. The van der Waals surface area contributed by atoms with E-state index >= 15 is 0 Å². The van der Waals surface area contributed by atoms with E-state index in [1.165, 1.54) is 0 Å². The number of aliphatic hydroxyl groups is 1. The van der Waals surface area contributed by atoms with Gasteiger partial charge in [0.05, 0.1) is 13.2 Å². The van der Waals surface area contributed by atoms with Gasteiger partial charge >= 0.3 is 0 Å². The molecular weight excluding hydrogens is 144 g/mol. The van der Waals surface area contributed by atoms with Crippen LogP contribution in [0.15, 0.2) is 0 Å². The van der Waals surface area contributed by atoms with E-state index in [2.05, 4.69) is 10.6 Å². The lowest BCUT2D eigenvalue weighted by molar-refractivity contribution is 0.199. The summed E-state index contributed by atoms with van der Waals surface area (Å²) in [6, 6.07) is 0. The summed E-state index contributed by atoms with van der Waals surface area (Å²) in [5, 5.41) is 14.6. The fraction of sp³-hybridized carbons (Fsp3) is 1.00. The van der Waals surface area contributed by atoms with Crippen molar-refractivity contribution in [3.05, 3.63) is 0 Å². The maximum absolute atomic E-state index is 8.40. The van der Waals surface area contributed by atoms with Gasteiger partial charge in [0, 0.05) is 33.3 Å². The van der Waals surface area contributed by atoms with Crippen molar-refractivity contribution >= 4 is 0 Å². The minimum atomic E-state index is 0.206. The largest absolute Gasteiger partial charge is 0.395 e. The van der Waals surface area contributed by atoms with Gasteiger partial charge in [-0.15, -0.1) is 0 Å². The number of hydrogen-bond acceptors (Lipinski definition) is 4. The van der Waals surface area contributed by atoms with Gasteiger partial charge in [-0.3, -0.25) is 0 Å². The number of aliphatic hydroxyl groups excluding tert-OH is 1. The standard InChI is InChI=1S/C7H18N2O2/c1-11-7-5-9-3-2-8-4-6-10/h8-10H,2-7H2,1H3. The van der Waals surface area contributed by atoms with E-state index in [-0.39, 0.29) is 6.61 Å². The van der Waals surface area contributed by atoms with Crippen LogP contribution in [0.2, 0.25) is 0 Å². The Morgan fingerprint density at radius 3 is 2.27 bits per heavy atom. The number of hydrogen-bond donors (Lipinski definition) is 3. The zero-order valence-corrected chi connectivity index (χ0v) is 7.10. The van der Waals surface area contributed by atoms with Gasteiger partial charge in [-0.25, -0.2) is 0 Å². The van der Waals surface area contributed by atoms with Crippen molar-refractivity contribution in [2.45, 2.75) is 0 Å². The van der Waals surface area contributed by atoms with Gasteiger partial charge < -0.3 is 20.5 Å². The summed E-state index contributed by atoms with van der Waals surface area (Å²) in [5.74, 6) is 0. The molecule has 0 spiro atoms. The lowest BCUT2D eigenvalue weighted by Gasteiger charge is -2.04. The van der Waals surface area contributed by atoms with Crippen LogP contribution in [-0.2, 0) is 4.74 Å². The third-order valence-electron chi connectivity index (χ3n) is 1.25. The molecule has 11 heavy (non-hydrogen) atoms. The molecular formula is C7H18N2O2.